The highest BCUT2D eigenvalue weighted by atomic mass is 32.2. The Balaban J connectivity index is 1.47. The molecule has 1 unspecified atom stereocenters. The molecule has 1 aliphatic rings. The van der Waals surface area contributed by atoms with Gasteiger partial charge in [-0.1, -0.05) is 50.2 Å². The minimum atomic E-state index is -3.83. The van der Waals surface area contributed by atoms with Crippen molar-refractivity contribution in [1.29, 1.82) is 0 Å². The fourth-order valence-electron chi connectivity index (χ4n) is 3.81. The lowest BCUT2D eigenvalue weighted by molar-refractivity contribution is -0.138. The first-order valence-electron chi connectivity index (χ1n) is 10.7. The van der Waals surface area contributed by atoms with Gasteiger partial charge in [-0.05, 0) is 29.3 Å². The van der Waals surface area contributed by atoms with Gasteiger partial charge in [-0.2, -0.15) is 9.10 Å². The zero-order valence-electron chi connectivity index (χ0n) is 18.4. The molecule has 11 heteroatoms. The highest BCUT2D eigenvalue weighted by Crippen LogP contribution is 2.23. The summed E-state index contributed by atoms with van der Waals surface area (Å²) in [6, 6.07) is 13.6. The van der Waals surface area contributed by atoms with E-state index in [0.717, 1.165) is 11.6 Å². The molecular weight excluding hydrogens is 447 g/mol. The highest BCUT2D eigenvalue weighted by molar-refractivity contribution is 7.89. The van der Waals surface area contributed by atoms with Gasteiger partial charge < -0.3 is 4.90 Å². The number of amides is 1. The molecular formula is C22H25FN6O3S. The number of nitrogens with zero attached hydrogens (tertiary/aromatic N) is 6. The Morgan fingerprint density at radius 3 is 2.33 bits per heavy atom. The molecule has 0 aliphatic carbocycles. The zero-order valence-corrected chi connectivity index (χ0v) is 19.2. The number of hydrogen-bond acceptors (Lipinski definition) is 6. The first-order valence-corrected chi connectivity index (χ1v) is 12.1. The summed E-state index contributed by atoms with van der Waals surface area (Å²) in [5, 5.41) is 12.6. The van der Waals surface area contributed by atoms with E-state index in [2.05, 4.69) is 15.4 Å². The number of piperazine rings is 1. The molecule has 3 aromatic rings. The Hall–Kier alpha value is -3.18. The second-order valence-electron chi connectivity index (χ2n) is 8.18. The van der Waals surface area contributed by atoms with Gasteiger partial charge in [-0.15, -0.1) is 10.2 Å². The number of benzene rings is 2. The molecule has 0 saturated carbocycles. The number of carbonyl (C=O) groups is 1. The van der Waals surface area contributed by atoms with Crippen LogP contribution in [-0.2, 0) is 14.8 Å². The quantitative estimate of drug-likeness (QED) is 0.545. The summed E-state index contributed by atoms with van der Waals surface area (Å²) in [7, 11) is -3.83. The summed E-state index contributed by atoms with van der Waals surface area (Å²) in [5.74, 6) is -0.478. The summed E-state index contributed by atoms with van der Waals surface area (Å²) in [6.07, 6.45) is 0. The first-order chi connectivity index (χ1) is 15.8. The van der Waals surface area contributed by atoms with Crippen molar-refractivity contribution >= 4 is 15.9 Å². The van der Waals surface area contributed by atoms with E-state index in [1.165, 1.54) is 27.3 Å². The molecule has 2 aromatic carbocycles. The van der Waals surface area contributed by atoms with Crippen LogP contribution in [0.3, 0.4) is 0 Å². The van der Waals surface area contributed by atoms with Crippen molar-refractivity contribution in [2.75, 3.05) is 26.2 Å². The Bertz CT molecular complexity index is 1220. The molecule has 0 spiro atoms. The fraction of sp³-hybridized carbons (Fsp3) is 0.364. The van der Waals surface area contributed by atoms with Crippen LogP contribution in [0.15, 0.2) is 59.5 Å². The maximum atomic E-state index is 13.5. The lowest BCUT2D eigenvalue weighted by Crippen LogP contribution is -2.52. The zero-order chi connectivity index (χ0) is 23.6. The Labute approximate surface area is 191 Å². The lowest BCUT2D eigenvalue weighted by atomic mass is 10.0. The molecule has 0 radical (unpaired) electrons. The standard InChI is InChI=1S/C22H25FN6O3S/c1-16(2)20(29-25-21(24-26-29)17-7-4-3-5-8-17)22(30)27-11-13-28(14-12-27)33(31,32)19-10-6-9-18(23)15-19/h3-10,15-16,20H,11-14H2,1-2H3. The summed E-state index contributed by atoms with van der Waals surface area (Å²) in [6.45, 7) is 4.48. The number of halogens is 1. The topological polar surface area (TPSA) is 101 Å². The molecule has 1 saturated heterocycles. The predicted octanol–water partition coefficient (Wildman–Crippen LogP) is 2.21. The monoisotopic (exact) mass is 472 g/mol. The highest BCUT2D eigenvalue weighted by Gasteiger charge is 2.35. The van der Waals surface area contributed by atoms with Crippen molar-refractivity contribution in [3.05, 3.63) is 60.4 Å². The number of rotatable bonds is 6. The van der Waals surface area contributed by atoms with E-state index in [-0.39, 0.29) is 42.9 Å². The lowest BCUT2D eigenvalue weighted by Gasteiger charge is -2.36. The van der Waals surface area contributed by atoms with Crippen LogP contribution in [0.2, 0.25) is 0 Å². The molecule has 1 atom stereocenters. The third kappa shape index (κ3) is 4.79. The van der Waals surface area contributed by atoms with E-state index >= 15 is 0 Å². The normalized spacial score (nSPS) is 16.2. The molecule has 0 N–H and O–H groups in total. The van der Waals surface area contributed by atoms with Gasteiger partial charge in [0, 0.05) is 31.7 Å². The first kappa shape index (κ1) is 23.0. The van der Waals surface area contributed by atoms with Crippen molar-refractivity contribution in [2.24, 2.45) is 5.92 Å². The average Bonchev–Trinajstić information content (AvgIpc) is 3.29. The van der Waals surface area contributed by atoms with Crippen LogP contribution in [0.4, 0.5) is 4.39 Å². The largest absolute Gasteiger partial charge is 0.338 e. The van der Waals surface area contributed by atoms with Crippen LogP contribution in [0, 0.1) is 11.7 Å². The third-order valence-corrected chi connectivity index (χ3v) is 7.47. The third-order valence-electron chi connectivity index (χ3n) is 5.58. The van der Waals surface area contributed by atoms with E-state index < -0.39 is 21.9 Å². The van der Waals surface area contributed by atoms with E-state index in [0.29, 0.717) is 5.82 Å². The van der Waals surface area contributed by atoms with Gasteiger partial charge in [-0.3, -0.25) is 4.79 Å². The van der Waals surface area contributed by atoms with Crippen molar-refractivity contribution in [3.63, 3.8) is 0 Å². The van der Waals surface area contributed by atoms with Crippen LogP contribution < -0.4 is 0 Å². The average molecular weight is 473 g/mol. The summed E-state index contributed by atoms with van der Waals surface area (Å²) in [4.78, 5) is 16.2. The molecule has 9 nitrogen and oxygen atoms in total. The molecule has 2 heterocycles. The number of aromatic nitrogens is 4. The van der Waals surface area contributed by atoms with Crippen LogP contribution in [0.25, 0.3) is 11.4 Å². The molecule has 1 amide bonds. The van der Waals surface area contributed by atoms with Crippen LogP contribution in [0.1, 0.15) is 19.9 Å². The predicted molar refractivity (Wildman–Crippen MR) is 119 cm³/mol. The Morgan fingerprint density at radius 2 is 1.70 bits per heavy atom. The summed E-state index contributed by atoms with van der Waals surface area (Å²) >= 11 is 0. The van der Waals surface area contributed by atoms with E-state index in [9.17, 15) is 17.6 Å². The van der Waals surface area contributed by atoms with Gasteiger partial charge in [0.15, 0.2) is 6.04 Å². The van der Waals surface area contributed by atoms with Gasteiger partial charge in [0.1, 0.15) is 5.82 Å². The van der Waals surface area contributed by atoms with Crippen LogP contribution in [0.5, 0.6) is 0 Å². The van der Waals surface area contributed by atoms with Crippen molar-refractivity contribution in [1.82, 2.24) is 29.4 Å². The number of tetrazole rings is 1. The molecule has 33 heavy (non-hydrogen) atoms. The smallest absolute Gasteiger partial charge is 0.249 e. The molecule has 174 valence electrons. The van der Waals surface area contributed by atoms with Gasteiger partial charge in [0.25, 0.3) is 0 Å². The SMILES string of the molecule is CC(C)C(C(=O)N1CCN(S(=O)(=O)c2cccc(F)c2)CC1)n1nnc(-c2ccccc2)n1. The molecule has 0 bridgehead atoms. The molecule has 1 fully saturated rings. The number of sulfonamides is 1. The minimum absolute atomic E-state index is 0.0948. The van der Waals surface area contributed by atoms with Crippen LogP contribution in [-0.4, -0.2) is 69.9 Å². The number of hydrogen-bond donors (Lipinski definition) is 0. The minimum Gasteiger partial charge on any atom is -0.338 e. The van der Waals surface area contributed by atoms with E-state index in [4.69, 9.17) is 0 Å². The van der Waals surface area contributed by atoms with Crippen LogP contribution >= 0.6 is 0 Å². The summed E-state index contributed by atoms with van der Waals surface area (Å²) in [5.41, 5.74) is 0.801. The van der Waals surface area contributed by atoms with E-state index in [1.54, 1.807) is 4.90 Å². The second-order valence-corrected chi connectivity index (χ2v) is 10.1. The Morgan fingerprint density at radius 1 is 1.00 bits per heavy atom. The van der Waals surface area contributed by atoms with Gasteiger partial charge in [0.05, 0.1) is 4.90 Å². The summed E-state index contributed by atoms with van der Waals surface area (Å²) < 4.78 is 40.5. The Kier molecular flexibility index (Phi) is 6.52. The van der Waals surface area contributed by atoms with Gasteiger partial charge in [-0.25, -0.2) is 12.8 Å². The van der Waals surface area contributed by atoms with Gasteiger partial charge >= 0.3 is 0 Å². The molecule has 1 aromatic heterocycles. The fourth-order valence-corrected chi connectivity index (χ4v) is 5.26. The maximum absolute atomic E-state index is 13.5. The van der Waals surface area contributed by atoms with Gasteiger partial charge in [0.2, 0.25) is 21.8 Å². The molecule has 4 rings (SSSR count). The maximum Gasteiger partial charge on any atom is 0.249 e. The van der Waals surface area contributed by atoms with Crippen molar-refractivity contribution in [3.8, 4) is 11.4 Å². The van der Waals surface area contributed by atoms with Crippen molar-refractivity contribution < 1.29 is 17.6 Å². The van der Waals surface area contributed by atoms with Crippen molar-refractivity contribution in [2.45, 2.75) is 24.8 Å². The second kappa shape index (κ2) is 9.36. The number of carbonyl (C=O) groups excluding carboxylic acids is 1. The molecule has 1 aliphatic heterocycles. The van der Waals surface area contributed by atoms with E-state index in [1.807, 2.05) is 44.2 Å².